The van der Waals surface area contributed by atoms with E-state index in [9.17, 15) is 4.79 Å². The second-order valence-electron chi connectivity index (χ2n) is 3.06. The molecule has 6 heteroatoms. The molecule has 0 amide bonds. The molecule has 78 valence electrons. The summed E-state index contributed by atoms with van der Waals surface area (Å²) in [6.07, 6.45) is 5.10. The van der Waals surface area contributed by atoms with Crippen LogP contribution in [0.1, 0.15) is 23.4 Å². The molecule has 0 unspecified atom stereocenters. The van der Waals surface area contributed by atoms with E-state index < -0.39 is 0 Å². The van der Waals surface area contributed by atoms with E-state index in [0.717, 1.165) is 12.4 Å². The van der Waals surface area contributed by atoms with E-state index >= 15 is 0 Å². The van der Waals surface area contributed by atoms with Gasteiger partial charge in [-0.05, 0) is 6.92 Å². The van der Waals surface area contributed by atoms with Gasteiger partial charge in [0.25, 0.3) is 0 Å². The molecular formula is C9H11N5O. The summed E-state index contributed by atoms with van der Waals surface area (Å²) >= 11 is 0. The molecule has 15 heavy (non-hydrogen) atoms. The number of rotatable bonds is 4. The Hall–Kier alpha value is -1.98. The number of ketones is 1. The van der Waals surface area contributed by atoms with Crippen molar-refractivity contribution in [3.8, 4) is 0 Å². The fourth-order valence-corrected chi connectivity index (χ4v) is 1.36. The minimum Gasteiger partial charge on any atom is -0.335 e. The number of nitrogens with one attached hydrogen (secondary N) is 1. The number of aryl methyl sites for hydroxylation is 1. The highest BCUT2D eigenvalue weighted by molar-refractivity contribution is 5.93. The predicted molar refractivity (Wildman–Crippen MR) is 52.3 cm³/mol. The fourth-order valence-electron chi connectivity index (χ4n) is 1.36. The van der Waals surface area contributed by atoms with Gasteiger partial charge in [-0.15, -0.1) is 0 Å². The quantitative estimate of drug-likeness (QED) is 0.735. The van der Waals surface area contributed by atoms with Gasteiger partial charge in [0.15, 0.2) is 5.82 Å². The van der Waals surface area contributed by atoms with Gasteiger partial charge in [-0.2, -0.15) is 5.10 Å². The van der Waals surface area contributed by atoms with Crippen LogP contribution in [0.25, 0.3) is 0 Å². The summed E-state index contributed by atoms with van der Waals surface area (Å²) in [6.45, 7) is 2.81. The second-order valence-corrected chi connectivity index (χ2v) is 3.06. The van der Waals surface area contributed by atoms with E-state index in [2.05, 4.69) is 20.2 Å². The Labute approximate surface area is 86.4 Å². The first-order chi connectivity index (χ1) is 7.31. The number of aromatic amines is 1. The predicted octanol–water partition coefficient (Wildman–Crippen LogP) is 0.446. The highest BCUT2D eigenvalue weighted by atomic mass is 16.1. The summed E-state index contributed by atoms with van der Waals surface area (Å²) in [6, 6.07) is 0. The van der Waals surface area contributed by atoms with Crippen LogP contribution in [0.5, 0.6) is 0 Å². The summed E-state index contributed by atoms with van der Waals surface area (Å²) in [5.74, 6) is 0.924. The Morgan fingerprint density at radius 1 is 1.53 bits per heavy atom. The van der Waals surface area contributed by atoms with Gasteiger partial charge >= 0.3 is 0 Å². The molecule has 0 aliphatic rings. The third kappa shape index (κ3) is 1.93. The number of hydrogen-bond donors (Lipinski definition) is 1. The maximum absolute atomic E-state index is 11.7. The van der Waals surface area contributed by atoms with Crippen LogP contribution in [0.4, 0.5) is 0 Å². The van der Waals surface area contributed by atoms with Crippen LogP contribution >= 0.6 is 0 Å². The van der Waals surface area contributed by atoms with Crippen LogP contribution in [0, 0.1) is 0 Å². The number of nitrogens with zero attached hydrogens (tertiary/aromatic N) is 4. The first kappa shape index (κ1) is 9.57. The van der Waals surface area contributed by atoms with Crippen molar-refractivity contribution in [2.24, 2.45) is 0 Å². The Morgan fingerprint density at radius 3 is 3.07 bits per heavy atom. The molecule has 6 nitrogen and oxygen atoms in total. The first-order valence-electron chi connectivity index (χ1n) is 4.70. The van der Waals surface area contributed by atoms with E-state index in [-0.39, 0.29) is 18.0 Å². The van der Waals surface area contributed by atoms with Gasteiger partial charge in [0.2, 0.25) is 5.78 Å². The largest absolute Gasteiger partial charge is 0.335 e. The molecule has 1 N–H and O–H groups in total. The topological polar surface area (TPSA) is 76.5 Å². The Bertz CT molecular complexity index is 445. The Morgan fingerprint density at radius 2 is 2.40 bits per heavy atom. The average molecular weight is 205 g/mol. The second kappa shape index (κ2) is 4.04. The van der Waals surface area contributed by atoms with Crippen LogP contribution in [0.2, 0.25) is 0 Å². The summed E-state index contributed by atoms with van der Waals surface area (Å²) in [7, 11) is 0. The highest BCUT2D eigenvalue weighted by Crippen LogP contribution is 2.02. The highest BCUT2D eigenvalue weighted by Gasteiger charge is 2.12. The lowest BCUT2D eigenvalue weighted by molar-refractivity contribution is 0.0980. The molecular weight excluding hydrogens is 194 g/mol. The molecule has 0 spiro atoms. The van der Waals surface area contributed by atoms with E-state index in [1.165, 1.54) is 6.33 Å². The fraction of sp³-hybridized carbons (Fsp3) is 0.333. The normalized spacial score (nSPS) is 10.5. The van der Waals surface area contributed by atoms with Crippen LogP contribution in [-0.4, -0.2) is 30.5 Å². The number of imidazole rings is 1. The molecule has 0 bridgehead atoms. The van der Waals surface area contributed by atoms with Crippen LogP contribution in [0.3, 0.4) is 0 Å². The minimum absolute atomic E-state index is 0.103. The first-order valence-corrected chi connectivity index (χ1v) is 4.70. The van der Waals surface area contributed by atoms with Crippen LogP contribution in [-0.2, 0) is 13.0 Å². The Kier molecular flexibility index (Phi) is 2.57. The zero-order valence-corrected chi connectivity index (χ0v) is 8.34. The van der Waals surface area contributed by atoms with Crippen molar-refractivity contribution in [1.82, 2.24) is 24.7 Å². The summed E-state index contributed by atoms with van der Waals surface area (Å²) in [5.41, 5.74) is 0. The lowest BCUT2D eigenvalue weighted by atomic mass is 10.2. The van der Waals surface area contributed by atoms with Gasteiger partial charge in [0.05, 0.1) is 6.42 Å². The molecule has 2 aromatic heterocycles. The van der Waals surface area contributed by atoms with E-state index in [4.69, 9.17) is 0 Å². The number of H-pyrrole nitrogens is 1. The molecule has 0 aliphatic carbocycles. The van der Waals surface area contributed by atoms with Crippen LogP contribution in [0.15, 0.2) is 18.7 Å². The van der Waals surface area contributed by atoms with Crippen LogP contribution < -0.4 is 0 Å². The molecule has 2 rings (SSSR count). The molecule has 0 radical (unpaired) electrons. The van der Waals surface area contributed by atoms with E-state index in [0.29, 0.717) is 0 Å². The summed E-state index contributed by atoms with van der Waals surface area (Å²) < 4.78 is 1.92. The van der Waals surface area contributed by atoms with Crippen molar-refractivity contribution in [1.29, 1.82) is 0 Å². The van der Waals surface area contributed by atoms with Crippen molar-refractivity contribution in [3.05, 3.63) is 30.4 Å². The number of aromatic nitrogens is 5. The van der Waals surface area contributed by atoms with E-state index in [1.54, 1.807) is 6.20 Å². The number of hydrogen-bond acceptors (Lipinski definition) is 4. The lowest BCUT2D eigenvalue weighted by Gasteiger charge is -2.01. The average Bonchev–Trinajstić information content (AvgIpc) is 2.87. The van der Waals surface area contributed by atoms with Crippen molar-refractivity contribution in [2.45, 2.75) is 19.9 Å². The molecule has 0 saturated heterocycles. The van der Waals surface area contributed by atoms with Gasteiger partial charge in [0, 0.05) is 18.9 Å². The monoisotopic (exact) mass is 205 g/mol. The molecule has 0 fully saturated rings. The van der Waals surface area contributed by atoms with Gasteiger partial charge in [-0.1, -0.05) is 0 Å². The Balaban J connectivity index is 2.13. The summed E-state index contributed by atoms with van der Waals surface area (Å²) in [4.78, 5) is 19.6. The lowest BCUT2D eigenvalue weighted by Crippen LogP contribution is -2.11. The zero-order chi connectivity index (χ0) is 10.7. The third-order valence-electron chi connectivity index (χ3n) is 2.14. The van der Waals surface area contributed by atoms with Crippen molar-refractivity contribution in [2.75, 3.05) is 0 Å². The molecule has 0 aliphatic heterocycles. The van der Waals surface area contributed by atoms with Crippen molar-refractivity contribution in [3.63, 3.8) is 0 Å². The molecule has 0 aromatic carbocycles. The molecule has 2 heterocycles. The summed E-state index contributed by atoms with van der Waals surface area (Å²) in [5, 5.41) is 6.17. The molecule has 0 atom stereocenters. The maximum Gasteiger partial charge on any atom is 0.207 e. The van der Waals surface area contributed by atoms with Crippen molar-refractivity contribution >= 4 is 5.78 Å². The molecule has 0 saturated carbocycles. The third-order valence-corrected chi connectivity index (χ3v) is 2.14. The number of carbonyl (C=O) groups is 1. The number of carbonyl (C=O) groups excluding carboxylic acids is 1. The maximum atomic E-state index is 11.7. The van der Waals surface area contributed by atoms with Gasteiger partial charge in [0.1, 0.15) is 12.2 Å². The van der Waals surface area contributed by atoms with Crippen molar-refractivity contribution < 1.29 is 4.79 Å². The SMILES string of the molecule is CCn1ccnc1CC(=O)c1ncn[nH]1. The van der Waals surface area contributed by atoms with E-state index in [1.807, 2.05) is 17.7 Å². The van der Waals surface area contributed by atoms with Gasteiger partial charge in [-0.3, -0.25) is 9.89 Å². The smallest absolute Gasteiger partial charge is 0.207 e. The van der Waals surface area contributed by atoms with Gasteiger partial charge in [-0.25, -0.2) is 9.97 Å². The zero-order valence-electron chi connectivity index (χ0n) is 8.34. The standard InChI is InChI=1S/C9H11N5O/c1-2-14-4-3-10-8(14)5-7(15)9-11-6-12-13-9/h3-4,6H,2,5H2,1H3,(H,11,12,13). The number of Topliss-reactive ketones (excluding diaryl/α,β-unsaturated/α-hetero) is 1. The van der Waals surface area contributed by atoms with Gasteiger partial charge < -0.3 is 4.57 Å². The minimum atomic E-state index is -0.103. The molecule has 2 aromatic rings.